The van der Waals surface area contributed by atoms with Gasteiger partial charge in [0.1, 0.15) is 5.82 Å². The van der Waals surface area contributed by atoms with Gasteiger partial charge in [0.2, 0.25) is 15.9 Å². The van der Waals surface area contributed by atoms with E-state index in [1.165, 1.54) is 22.7 Å². The number of benzene rings is 1. The van der Waals surface area contributed by atoms with Crippen molar-refractivity contribution in [2.24, 2.45) is 5.92 Å². The fraction of sp³-hybridized carbons (Fsp3) is 0.611. The number of nitrogens with zero attached hydrogens (tertiary/aromatic N) is 2. The maximum absolute atomic E-state index is 13.0. The highest BCUT2D eigenvalue weighted by molar-refractivity contribution is 7.92. The molecule has 2 aliphatic rings. The van der Waals surface area contributed by atoms with Crippen molar-refractivity contribution in [2.75, 3.05) is 32.4 Å². The summed E-state index contributed by atoms with van der Waals surface area (Å²) in [5.74, 6) is -0.727. The Morgan fingerprint density at radius 1 is 0.929 bits per heavy atom. The van der Waals surface area contributed by atoms with Gasteiger partial charge >= 0.3 is 0 Å². The maximum atomic E-state index is 13.0. The third-order valence-electron chi connectivity index (χ3n) is 5.61. The van der Waals surface area contributed by atoms with Gasteiger partial charge in [-0.1, -0.05) is 0 Å². The largest absolute Gasteiger partial charge is 0.342 e. The monoisotopic (exact) mass is 432 g/mol. The first-order valence-corrected chi connectivity index (χ1v) is 12.7. The summed E-state index contributed by atoms with van der Waals surface area (Å²) in [4.78, 5) is 14.5. The Bertz CT molecular complexity index is 915. The summed E-state index contributed by atoms with van der Waals surface area (Å²) < 4.78 is 63.0. The Morgan fingerprint density at radius 3 is 1.96 bits per heavy atom. The maximum Gasteiger partial charge on any atom is 0.225 e. The Hall–Kier alpha value is -1.52. The topological polar surface area (TPSA) is 91.8 Å². The van der Waals surface area contributed by atoms with Crippen LogP contribution in [-0.2, 0) is 24.7 Å². The molecule has 28 heavy (non-hydrogen) atoms. The van der Waals surface area contributed by atoms with E-state index in [-0.39, 0.29) is 16.7 Å². The minimum atomic E-state index is -3.55. The summed E-state index contributed by atoms with van der Waals surface area (Å²) in [6.45, 7) is 1.39. The molecule has 0 bridgehead atoms. The number of piperidine rings is 2. The number of rotatable bonds is 4. The van der Waals surface area contributed by atoms with Crippen LogP contribution in [0.4, 0.5) is 4.39 Å². The lowest BCUT2D eigenvalue weighted by Gasteiger charge is -2.36. The zero-order valence-corrected chi connectivity index (χ0v) is 17.4. The van der Waals surface area contributed by atoms with Crippen molar-refractivity contribution in [1.29, 1.82) is 0 Å². The van der Waals surface area contributed by atoms with Gasteiger partial charge in [0.05, 0.1) is 16.4 Å². The molecule has 0 spiro atoms. The van der Waals surface area contributed by atoms with Crippen molar-refractivity contribution in [2.45, 2.75) is 35.8 Å². The minimum Gasteiger partial charge on any atom is -0.342 e. The average molecular weight is 433 g/mol. The third kappa shape index (κ3) is 4.55. The van der Waals surface area contributed by atoms with Gasteiger partial charge in [0.25, 0.3) is 0 Å². The number of carbonyl (C=O) groups is 1. The zero-order valence-electron chi connectivity index (χ0n) is 15.8. The number of amides is 1. The van der Waals surface area contributed by atoms with Gasteiger partial charge in [-0.3, -0.25) is 4.79 Å². The Balaban J connectivity index is 1.56. The van der Waals surface area contributed by atoms with Crippen molar-refractivity contribution >= 4 is 25.8 Å². The quantitative estimate of drug-likeness (QED) is 0.668. The average Bonchev–Trinajstić information content (AvgIpc) is 2.67. The molecule has 2 saturated heterocycles. The van der Waals surface area contributed by atoms with E-state index in [0.29, 0.717) is 51.9 Å². The first-order valence-electron chi connectivity index (χ1n) is 9.32. The molecule has 0 saturated carbocycles. The van der Waals surface area contributed by atoms with E-state index in [1.54, 1.807) is 4.90 Å². The molecule has 0 atom stereocenters. The van der Waals surface area contributed by atoms with Crippen LogP contribution >= 0.6 is 0 Å². The SMILES string of the molecule is CS(=O)(=O)N1CCC(C(=O)N2CCC(S(=O)(=O)c3ccc(F)cc3)CC2)CC1. The molecule has 3 rings (SSSR count). The fourth-order valence-corrected chi connectivity index (χ4v) is 6.50. The molecule has 10 heteroatoms. The third-order valence-corrected chi connectivity index (χ3v) is 9.19. The van der Waals surface area contributed by atoms with Gasteiger partial charge in [-0.25, -0.2) is 25.5 Å². The lowest BCUT2D eigenvalue weighted by molar-refractivity contribution is -0.137. The fourth-order valence-electron chi connectivity index (χ4n) is 3.90. The van der Waals surface area contributed by atoms with Crippen LogP contribution in [0.5, 0.6) is 0 Å². The molecular weight excluding hydrogens is 407 g/mol. The summed E-state index contributed by atoms with van der Waals surface area (Å²) in [5.41, 5.74) is 0. The van der Waals surface area contributed by atoms with Gasteiger partial charge in [-0.2, -0.15) is 0 Å². The Labute approximate surface area is 165 Å². The van der Waals surface area contributed by atoms with E-state index in [2.05, 4.69) is 0 Å². The van der Waals surface area contributed by atoms with Crippen LogP contribution in [0.1, 0.15) is 25.7 Å². The van der Waals surface area contributed by atoms with E-state index >= 15 is 0 Å². The molecule has 2 aliphatic heterocycles. The van der Waals surface area contributed by atoms with Crippen molar-refractivity contribution in [3.63, 3.8) is 0 Å². The van der Waals surface area contributed by atoms with Crippen LogP contribution in [0.25, 0.3) is 0 Å². The second-order valence-electron chi connectivity index (χ2n) is 7.46. The van der Waals surface area contributed by atoms with Gasteiger partial charge in [-0.15, -0.1) is 0 Å². The van der Waals surface area contributed by atoms with E-state index in [0.717, 1.165) is 12.1 Å². The number of hydrogen-bond acceptors (Lipinski definition) is 5. The molecule has 2 fully saturated rings. The molecule has 0 N–H and O–H groups in total. The molecule has 0 unspecified atom stereocenters. The predicted molar refractivity (Wildman–Crippen MR) is 102 cm³/mol. The molecule has 0 radical (unpaired) electrons. The first kappa shape index (κ1) is 21.2. The summed E-state index contributed by atoms with van der Waals surface area (Å²) in [6, 6.07) is 4.82. The van der Waals surface area contributed by atoms with E-state index in [1.807, 2.05) is 0 Å². The standard InChI is InChI=1S/C18H25FN2O5S2/c1-27(23,24)21-12-6-14(7-13-21)18(22)20-10-8-17(9-11-20)28(25,26)16-4-2-15(19)3-5-16/h2-5,14,17H,6-13H2,1H3. The molecule has 1 amide bonds. The molecule has 156 valence electrons. The van der Waals surface area contributed by atoms with Crippen LogP contribution in [0.15, 0.2) is 29.2 Å². The summed E-state index contributed by atoms with van der Waals surface area (Å²) >= 11 is 0. The van der Waals surface area contributed by atoms with Gasteiger partial charge in [0, 0.05) is 32.1 Å². The second kappa shape index (κ2) is 8.08. The Morgan fingerprint density at radius 2 is 1.46 bits per heavy atom. The molecular formula is C18H25FN2O5S2. The molecule has 1 aromatic carbocycles. The van der Waals surface area contributed by atoms with E-state index < -0.39 is 30.9 Å². The first-order chi connectivity index (χ1) is 13.1. The van der Waals surface area contributed by atoms with Crippen LogP contribution in [0.2, 0.25) is 0 Å². The van der Waals surface area contributed by atoms with Crippen molar-refractivity contribution in [1.82, 2.24) is 9.21 Å². The second-order valence-corrected chi connectivity index (χ2v) is 11.7. The number of sulfonamides is 1. The molecule has 0 aromatic heterocycles. The normalized spacial score (nSPS) is 21.0. The van der Waals surface area contributed by atoms with Gasteiger partial charge in [-0.05, 0) is 49.9 Å². The summed E-state index contributed by atoms with van der Waals surface area (Å²) in [6.07, 6.45) is 2.82. The number of hydrogen-bond donors (Lipinski definition) is 0. The molecule has 7 nitrogen and oxygen atoms in total. The predicted octanol–water partition coefficient (Wildman–Crippen LogP) is 1.26. The minimum absolute atomic E-state index is 0.0224. The Kier molecular flexibility index (Phi) is 6.11. The van der Waals surface area contributed by atoms with Crippen LogP contribution < -0.4 is 0 Å². The van der Waals surface area contributed by atoms with E-state index in [4.69, 9.17) is 0 Å². The van der Waals surface area contributed by atoms with E-state index in [9.17, 15) is 26.0 Å². The smallest absolute Gasteiger partial charge is 0.225 e. The van der Waals surface area contributed by atoms with Gasteiger partial charge < -0.3 is 4.90 Å². The number of sulfone groups is 1. The lowest BCUT2D eigenvalue weighted by atomic mass is 9.95. The molecule has 0 aliphatic carbocycles. The zero-order chi connectivity index (χ0) is 20.5. The highest BCUT2D eigenvalue weighted by atomic mass is 32.2. The summed E-state index contributed by atoms with van der Waals surface area (Å²) in [5, 5.41) is -0.589. The van der Waals surface area contributed by atoms with Crippen molar-refractivity contribution in [3.8, 4) is 0 Å². The number of carbonyl (C=O) groups excluding carboxylic acids is 1. The van der Waals surface area contributed by atoms with Crippen molar-refractivity contribution in [3.05, 3.63) is 30.1 Å². The van der Waals surface area contributed by atoms with Crippen LogP contribution in [0.3, 0.4) is 0 Å². The molecule has 2 heterocycles. The number of likely N-dealkylation sites (tertiary alicyclic amines) is 1. The number of halogens is 1. The molecule has 1 aromatic rings. The van der Waals surface area contributed by atoms with Crippen LogP contribution in [-0.4, -0.2) is 69.6 Å². The van der Waals surface area contributed by atoms with Crippen molar-refractivity contribution < 1.29 is 26.0 Å². The van der Waals surface area contributed by atoms with Crippen LogP contribution in [0, 0.1) is 11.7 Å². The van der Waals surface area contributed by atoms with Gasteiger partial charge in [0.15, 0.2) is 9.84 Å². The highest BCUT2D eigenvalue weighted by Gasteiger charge is 2.36. The summed E-state index contributed by atoms with van der Waals surface area (Å²) in [7, 11) is -6.79. The highest BCUT2D eigenvalue weighted by Crippen LogP contribution is 2.27. The lowest BCUT2D eigenvalue weighted by Crippen LogP contribution is -2.47.